The Labute approximate surface area is 135 Å². The van der Waals surface area contributed by atoms with Crippen LogP contribution in [0.15, 0.2) is 16.3 Å². The number of carboxylic acids is 1. The first-order chi connectivity index (χ1) is 10.9. The van der Waals surface area contributed by atoms with Crippen molar-refractivity contribution < 1.29 is 19.8 Å². The summed E-state index contributed by atoms with van der Waals surface area (Å²) in [5.74, 6) is -0.703. The number of aliphatic hydroxyl groups is 1. The minimum Gasteiger partial charge on any atom is -0.477 e. The molecule has 23 heavy (non-hydrogen) atoms. The highest BCUT2D eigenvalue weighted by Crippen LogP contribution is 2.47. The van der Waals surface area contributed by atoms with Gasteiger partial charge in [0.15, 0.2) is 0 Å². The number of fused-ring (bicyclic) bond motifs is 1. The molecular weight excluding hydrogens is 298 g/mol. The van der Waals surface area contributed by atoms with Crippen LogP contribution in [0.3, 0.4) is 0 Å². The zero-order valence-corrected chi connectivity index (χ0v) is 13.7. The van der Waals surface area contributed by atoms with Crippen molar-refractivity contribution in [1.29, 1.82) is 0 Å². The average molecular weight is 321 g/mol. The monoisotopic (exact) mass is 321 g/mol. The molecule has 0 radical (unpaired) electrons. The number of aliphatic hydroxyl groups excluding tert-OH is 1. The van der Waals surface area contributed by atoms with E-state index in [0.29, 0.717) is 6.42 Å². The molecule has 7 nitrogen and oxygen atoms in total. The molecule has 0 bridgehead atoms. The lowest BCUT2D eigenvalue weighted by Crippen LogP contribution is -2.61. The van der Waals surface area contributed by atoms with Crippen molar-refractivity contribution in [3.05, 3.63) is 11.3 Å². The molecule has 0 saturated carbocycles. The van der Waals surface area contributed by atoms with E-state index in [1.807, 2.05) is 6.92 Å². The SMILES string of the molecule is C/N=C(\C)N1CC[C@@H](C2=C(C(=O)O)N3C(=O)[C@H]([C@@H](C)O)[C@H]3C2)C1. The lowest BCUT2D eigenvalue weighted by atomic mass is 9.82. The van der Waals surface area contributed by atoms with Gasteiger partial charge in [-0.05, 0) is 32.3 Å². The number of nitrogens with zero attached hydrogens (tertiary/aromatic N) is 3. The number of amidine groups is 1. The summed E-state index contributed by atoms with van der Waals surface area (Å²) in [6, 6.07) is -0.196. The first-order valence-corrected chi connectivity index (χ1v) is 8.02. The molecule has 0 aliphatic carbocycles. The van der Waals surface area contributed by atoms with E-state index < -0.39 is 18.0 Å². The van der Waals surface area contributed by atoms with Crippen molar-refractivity contribution in [3.63, 3.8) is 0 Å². The second kappa shape index (κ2) is 5.63. The normalized spacial score (nSPS) is 32.3. The molecule has 1 amide bonds. The van der Waals surface area contributed by atoms with Gasteiger partial charge in [-0.1, -0.05) is 0 Å². The molecule has 0 aromatic rings. The van der Waals surface area contributed by atoms with Crippen molar-refractivity contribution in [2.75, 3.05) is 20.1 Å². The quantitative estimate of drug-likeness (QED) is 0.443. The second-order valence-electron chi connectivity index (χ2n) is 6.63. The predicted octanol–water partition coefficient (Wildman–Crippen LogP) is 0.307. The molecule has 0 unspecified atom stereocenters. The summed E-state index contributed by atoms with van der Waals surface area (Å²) in [6.07, 6.45) is 0.685. The van der Waals surface area contributed by atoms with Crippen LogP contribution in [0.4, 0.5) is 0 Å². The van der Waals surface area contributed by atoms with Gasteiger partial charge in [-0.25, -0.2) is 4.79 Å². The Morgan fingerprint density at radius 3 is 2.70 bits per heavy atom. The fraction of sp³-hybridized carbons (Fsp3) is 0.688. The lowest BCUT2D eigenvalue weighted by molar-refractivity contribution is -0.161. The van der Waals surface area contributed by atoms with E-state index in [0.717, 1.165) is 30.9 Å². The van der Waals surface area contributed by atoms with Crippen LogP contribution in [0.2, 0.25) is 0 Å². The molecular formula is C16H23N3O4. The highest BCUT2D eigenvalue weighted by atomic mass is 16.4. The van der Waals surface area contributed by atoms with E-state index >= 15 is 0 Å². The van der Waals surface area contributed by atoms with Crippen molar-refractivity contribution in [2.45, 2.75) is 38.8 Å². The van der Waals surface area contributed by atoms with Gasteiger partial charge in [0, 0.05) is 26.1 Å². The third-order valence-electron chi connectivity index (χ3n) is 5.43. The molecule has 0 aromatic carbocycles. The first-order valence-electron chi connectivity index (χ1n) is 8.02. The Hall–Kier alpha value is -1.89. The maximum atomic E-state index is 12.2. The maximum absolute atomic E-state index is 12.2. The van der Waals surface area contributed by atoms with Gasteiger partial charge < -0.3 is 20.0 Å². The molecule has 0 aromatic heterocycles. The van der Waals surface area contributed by atoms with E-state index in [4.69, 9.17) is 0 Å². The van der Waals surface area contributed by atoms with Crippen LogP contribution in [-0.4, -0.2) is 70.0 Å². The number of likely N-dealkylation sites (tertiary alicyclic amines) is 1. The van der Waals surface area contributed by atoms with Gasteiger partial charge in [0.05, 0.1) is 23.9 Å². The highest BCUT2D eigenvalue weighted by Gasteiger charge is 2.57. The van der Waals surface area contributed by atoms with Crippen LogP contribution in [0, 0.1) is 11.8 Å². The summed E-state index contributed by atoms with van der Waals surface area (Å²) in [4.78, 5) is 31.6. The van der Waals surface area contributed by atoms with Crippen molar-refractivity contribution in [1.82, 2.24) is 9.80 Å². The topological polar surface area (TPSA) is 93.4 Å². The molecule has 3 rings (SSSR count). The summed E-state index contributed by atoms with van der Waals surface area (Å²) < 4.78 is 0. The molecule has 3 heterocycles. The van der Waals surface area contributed by atoms with Gasteiger partial charge in [-0.3, -0.25) is 9.79 Å². The number of hydrogen-bond acceptors (Lipinski definition) is 4. The fourth-order valence-corrected chi connectivity index (χ4v) is 4.15. The Morgan fingerprint density at radius 2 is 2.13 bits per heavy atom. The zero-order chi connectivity index (χ0) is 16.9. The predicted molar refractivity (Wildman–Crippen MR) is 83.8 cm³/mol. The number of carboxylic acid groups (broad SMARTS) is 1. The zero-order valence-electron chi connectivity index (χ0n) is 13.7. The summed E-state index contributed by atoms with van der Waals surface area (Å²) >= 11 is 0. The standard InChI is InChI=1S/C16H23N3O4/c1-8(20)13-12-6-11(14(16(22)23)19(12)15(13)21)10-4-5-18(7-10)9(2)17-3/h8,10,12-13,20H,4-7H2,1-3H3,(H,22,23)/b17-9+/t8-,10-,12-,13-/m1/s1. The van der Waals surface area contributed by atoms with Crippen LogP contribution < -0.4 is 0 Å². The molecule has 126 valence electrons. The lowest BCUT2D eigenvalue weighted by Gasteiger charge is -2.44. The Kier molecular flexibility index (Phi) is 3.91. The number of aliphatic imine (C=N–C) groups is 1. The van der Waals surface area contributed by atoms with Crippen LogP contribution in [0.25, 0.3) is 0 Å². The number of aliphatic carboxylic acids is 1. The summed E-state index contributed by atoms with van der Waals surface area (Å²) in [5.41, 5.74) is 1.00. The first kappa shape index (κ1) is 16.0. The van der Waals surface area contributed by atoms with Gasteiger partial charge in [0.2, 0.25) is 5.91 Å². The molecule has 3 aliphatic rings. The van der Waals surface area contributed by atoms with Crippen LogP contribution in [0.1, 0.15) is 26.7 Å². The average Bonchev–Trinajstić information content (AvgIpc) is 3.08. The molecule has 2 N–H and O–H groups in total. The van der Waals surface area contributed by atoms with Gasteiger partial charge in [-0.2, -0.15) is 0 Å². The molecule has 2 fully saturated rings. The van der Waals surface area contributed by atoms with Crippen LogP contribution in [-0.2, 0) is 9.59 Å². The van der Waals surface area contributed by atoms with E-state index in [1.54, 1.807) is 14.0 Å². The number of carbonyl (C=O) groups is 2. The molecule has 0 spiro atoms. The largest absolute Gasteiger partial charge is 0.477 e. The van der Waals surface area contributed by atoms with E-state index in [2.05, 4.69) is 9.89 Å². The van der Waals surface area contributed by atoms with E-state index in [1.165, 1.54) is 4.90 Å². The molecule has 7 heteroatoms. The van der Waals surface area contributed by atoms with E-state index in [9.17, 15) is 19.8 Å². The number of hydrogen-bond donors (Lipinski definition) is 2. The van der Waals surface area contributed by atoms with Gasteiger partial charge in [-0.15, -0.1) is 0 Å². The number of carbonyl (C=O) groups excluding carboxylic acids is 1. The fourth-order valence-electron chi connectivity index (χ4n) is 4.15. The van der Waals surface area contributed by atoms with Crippen molar-refractivity contribution in [2.24, 2.45) is 16.8 Å². The Morgan fingerprint density at radius 1 is 1.43 bits per heavy atom. The van der Waals surface area contributed by atoms with Crippen molar-refractivity contribution in [3.8, 4) is 0 Å². The number of rotatable bonds is 3. The number of β-lactam (4-membered cyclic amide) rings is 1. The minimum absolute atomic E-state index is 0.130. The summed E-state index contributed by atoms with van der Waals surface area (Å²) in [6.45, 7) is 5.13. The van der Waals surface area contributed by atoms with Crippen molar-refractivity contribution >= 4 is 17.7 Å². The minimum atomic E-state index is -1.04. The second-order valence-corrected chi connectivity index (χ2v) is 6.63. The van der Waals surface area contributed by atoms with Gasteiger partial charge in [0.25, 0.3) is 0 Å². The third-order valence-corrected chi connectivity index (χ3v) is 5.43. The Bertz CT molecular complexity index is 610. The molecule has 2 saturated heterocycles. The van der Waals surface area contributed by atoms with Crippen LogP contribution >= 0.6 is 0 Å². The highest BCUT2D eigenvalue weighted by molar-refractivity contribution is 5.99. The van der Waals surface area contributed by atoms with Gasteiger partial charge in [0.1, 0.15) is 5.70 Å². The third kappa shape index (κ3) is 2.34. The smallest absolute Gasteiger partial charge is 0.352 e. The summed E-state index contributed by atoms with van der Waals surface area (Å²) in [5, 5.41) is 19.4. The maximum Gasteiger partial charge on any atom is 0.352 e. The van der Waals surface area contributed by atoms with E-state index in [-0.39, 0.29) is 23.6 Å². The molecule has 3 aliphatic heterocycles. The number of amides is 1. The van der Waals surface area contributed by atoms with Crippen LogP contribution in [0.5, 0.6) is 0 Å². The Balaban J connectivity index is 1.85. The van der Waals surface area contributed by atoms with Gasteiger partial charge >= 0.3 is 5.97 Å². The molecule has 4 atom stereocenters. The summed E-state index contributed by atoms with van der Waals surface area (Å²) in [7, 11) is 1.75.